The summed E-state index contributed by atoms with van der Waals surface area (Å²) in [5.41, 5.74) is -0.320. The van der Waals surface area contributed by atoms with Crippen molar-refractivity contribution < 1.29 is 37.3 Å². The number of halogens is 3. The summed E-state index contributed by atoms with van der Waals surface area (Å²) in [4.78, 5) is 12.6. The van der Waals surface area contributed by atoms with Gasteiger partial charge in [-0.3, -0.25) is 4.79 Å². The first-order valence-corrected chi connectivity index (χ1v) is 12.5. The van der Waals surface area contributed by atoms with E-state index in [2.05, 4.69) is 5.32 Å². The average Bonchev–Trinajstić information content (AvgIpc) is 3.49. The Morgan fingerprint density at radius 1 is 1.00 bits per heavy atom. The van der Waals surface area contributed by atoms with Gasteiger partial charge in [0.15, 0.2) is 11.5 Å². The second-order valence-corrected chi connectivity index (χ2v) is 10.4. The van der Waals surface area contributed by atoms with Crippen molar-refractivity contribution in [3.05, 3.63) is 71.3 Å². The number of fused-ring (bicyclic) bond motifs is 1. The maximum atomic E-state index is 13.9. The molecular weight excluding hydrogens is 497 g/mol. The van der Waals surface area contributed by atoms with Crippen LogP contribution in [0.15, 0.2) is 59.5 Å². The number of aryl methyl sites for hydroxylation is 1. The Balaban J connectivity index is 0.00000320. The molecule has 3 aromatic rings. The zero-order valence-corrected chi connectivity index (χ0v) is 19.8. The molecule has 1 aliphatic heterocycles. The number of carbonyl (C=O) groups is 1. The fourth-order valence-electron chi connectivity index (χ4n) is 4.38. The summed E-state index contributed by atoms with van der Waals surface area (Å²) >= 11 is 0. The lowest BCUT2D eigenvalue weighted by Crippen LogP contribution is -2.27. The number of rotatable bonds is 5. The van der Waals surface area contributed by atoms with Crippen molar-refractivity contribution in [2.75, 3.05) is 12.1 Å². The summed E-state index contributed by atoms with van der Waals surface area (Å²) in [7, 11) is -4.33. The minimum absolute atomic E-state index is 0. The number of primary sulfonamides is 1. The second kappa shape index (κ2) is 8.24. The minimum Gasteiger partial charge on any atom is -0.454 e. The molecule has 1 fully saturated rings. The molecule has 3 N–H and O–H groups in total. The molecule has 3 aromatic carbocycles. The lowest BCUT2D eigenvalue weighted by atomic mass is 9.93. The molecule has 0 bridgehead atoms. The van der Waals surface area contributed by atoms with Crippen molar-refractivity contribution in [1.82, 2.24) is 0 Å². The maximum absolute atomic E-state index is 13.9. The topological polar surface area (TPSA) is 108 Å². The maximum Gasteiger partial charge on any atom is 0.417 e. The molecule has 190 valence electrons. The monoisotopic (exact) mass is 520 g/mol. The number of anilines is 1. The number of nitrogens with two attached hydrogens (primary N) is 1. The largest absolute Gasteiger partial charge is 0.454 e. The highest BCUT2D eigenvalue weighted by Crippen LogP contribution is 2.51. The van der Waals surface area contributed by atoms with Crippen molar-refractivity contribution in [2.24, 2.45) is 5.14 Å². The van der Waals surface area contributed by atoms with Gasteiger partial charge in [-0.2, -0.15) is 13.2 Å². The van der Waals surface area contributed by atoms with E-state index in [4.69, 9.17) is 14.6 Å². The van der Waals surface area contributed by atoms with Gasteiger partial charge in [0.25, 0.3) is 0 Å². The molecule has 1 heterocycles. The van der Waals surface area contributed by atoms with Gasteiger partial charge in [-0.25, -0.2) is 13.6 Å². The number of carbonyl (C=O) groups excluding carboxylic acids is 1. The zero-order valence-electron chi connectivity index (χ0n) is 19.0. The molecular formula is C25H23F3N2O5S. The number of hydrogen-bond acceptors (Lipinski definition) is 5. The summed E-state index contributed by atoms with van der Waals surface area (Å²) in [6, 6.07) is 12.6. The van der Waals surface area contributed by atoms with Crippen molar-refractivity contribution >= 4 is 21.6 Å². The first kappa shape index (κ1) is 24.1. The van der Waals surface area contributed by atoms with Crippen molar-refractivity contribution in [3.63, 3.8) is 0 Å². The summed E-state index contributed by atoms with van der Waals surface area (Å²) in [5.74, 6) is 0.885. The number of ether oxygens (including phenoxy) is 2. The molecule has 0 atom stereocenters. The van der Waals surface area contributed by atoms with Crippen LogP contribution in [0.2, 0.25) is 0 Å². The molecule has 0 unspecified atom stereocenters. The molecule has 0 aromatic heterocycles. The highest BCUT2D eigenvalue weighted by atomic mass is 32.2. The minimum atomic E-state index is -4.83. The van der Waals surface area contributed by atoms with Crippen LogP contribution in [0.25, 0.3) is 11.1 Å². The second-order valence-electron chi connectivity index (χ2n) is 8.88. The Morgan fingerprint density at radius 3 is 2.39 bits per heavy atom. The Hall–Kier alpha value is -3.57. The third-order valence-electron chi connectivity index (χ3n) is 6.52. The van der Waals surface area contributed by atoms with Gasteiger partial charge in [0, 0.05) is 7.11 Å². The molecule has 0 radical (unpaired) electrons. The molecule has 0 spiro atoms. The van der Waals surface area contributed by atoms with Gasteiger partial charge in [-0.15, -0.1) is 0 Å². The van der Waals surface area contributed by atoms with E-state index in [9.17, 15) is 26.4 Å². The first-order chi connectivity index (χ1) is 16.9. The standard InChI is InChI=1S/C25H21F3N2O5S.H2/c1-14-2-4-16(11-19(14)18-6-5-17(36(29,32)33)12-20(18)25(26,27)28)30-23(31)24(8-9-24)15-3-7-21-22(10-15)35-13-34-21;/h2-7,10-12H,8-9,13H2,1H3,(H,30,31)(H2,29,32,33);1H. The highest BCUT2D eigenvalue weighted by Gasteiger charge is 2.51. The van der Waals surface area contributed by atoms with Crippen molar-refractivity contribution in [3.8, 4) is 22.6 Å². The summed E-state index contributed by atoms with van der Waals surface area (Å²) < 4.78 is 75.6. The van der Waals surface area contributed by atoms with Crippen LogP contribution in [0, 0.1) is 6.92 Å². The number of alkyl halides is 3. The Kier molecular flexibility index (Phi) is 5.53. The smallest absolute Gasteiger partial charge is 0.417 e. The molecule has 11 heteroatoms. The van der Waals surface area contributed by atoms with E-state index < -0.39 is 32.1 Å². The number of hydrogen-bond donors (Lipinski definition) is 2. The van der Waals surface area contributed by atoms with Gasteiger partial charge >= 0.3 is 6.18 Å². The molecule has 2 aliphatic rings. The lowest BCUT2D eigenvalue weighted by Gasteiger charge is -2.19. The van der Waals surface area contributed by atoms with Crippen LogP contribution >= 0.6 is 0 Å². The summed E-state index contributed by atoms with van der Waals surface area (Å²) in [6.07, 6.45) is -3.60. The van der Waals surface area contributed by atoms with Gasteiger partial charge in [0.2, 0.25) is 22.7 Å². The van der Waals surface area contributed by atoms with Gasteiger partial charge in [-0.05, 0) is 78.4 Å². The fraction of sp³-hybridized carbons (Fsp3) is 0.240. The lowest BCUT2D eigenvalue weighted by molar-refractivity contribution is -0.137. The van der Waals surface area contributed by atoms with Gasteiger partial charge in [0.1, 0.15) is 0 Å². The predicted octanol–water partition coefficient (Wildman–Crippen LogP) is 4.97. The molecule has 1 saturated carbocycles. The number of amides is 1. The van der Waals surface area contributed by atoms with E-state index in [0.717, 1.165) is 17.7 Å². The van der Waals surface area contributed by atoms with Gasteiger partial charge in [-0.1, -0.05) is 18.2 Å². The van der Waals surface area contributed by atoms with Crippen LogP contribution in [0.3, 0.4) is 0 Å². The molecule has 5 rings (SSSR count). The average molecular weight is 521 g/mol. The number of benzene rings is 3. The molecule has 1 amide bonds. The molecule has 7 nitrogen and oxygen atoms in total. The quantitative estimate of drug-likeness (QED) is 0.494. The van der Waals surface area contributed by atoms with E-state index in [1.54, 1.807) is 31.2 Å². The summed E-state index contributed by atoms with van der Waals surface area (Å²) in [5, 5.41) is 7.87. The van der Waals surface area contributed by atoms with Crippen LogP contribution in [0.1, 0.15) is 31.0 Å². The van der Waals surface area contributed by atoms with Crippen molar-refractivity contribution in [1.29, 1.82) is 0 Å². The zero-order chi connectivity index (χ0) is 25.9. The fourth-order valence-corrected chi connectivity index (χ4v) is 4.92. The van der Waals surface area contributed by atoms with E-state index in [1.165, 1.54) is 6.07 Å². The third-order valence-corrected chi connectivity index (χ3v) is 7.43. The number of nitrogens with one attached hydrogen (secondary N) is 1. The third kappa shape index (κ3) is 4.28. The van der Waals surface area contributed by atoms with Crippen LogP contribution in [-0.2, 0) is 26.4 Å². The molecule has 36 heavy (non-hydrogen) atoms. The van der Waals surface area contributed by atoms with Crippen LogP contribution < -0.4 is 19.9 Å². The molecule has 1 aliphatic carbocycles. The number of sulfonamides is 1. The summed E-state index contributed by atoms with van der Waals surface area (Å²) in [6.45, 7) is 1.74. The highest BCUT2D eigenvalue weighted by molar-refractivity contribution is 7.89. The first-order valence-electron chi connectivity index (χ1n) is 11.0. The van der Waals surface area contributed by atoms with Gasteiger partial charge in [0.05, 0.1) is 15.9 Å². The van der Waals surface area contributed by atoms with E-state index >= 15 is 0 Å². The van der Waals surface area contributed by atoms with Gasteiger partial charge < -0.3 is 14.8 Å². The molecule has 0 saturated heterocycles. The Morgan fingerprint density at radius 2 is 1.72 bits per heavy atom. The van der Waals surface area contributed by atoms with E-state index in [-0.39, 0.29) is 25.3 Å². The van der Waals surface area contributed by atoms with E-state index in [1.807, 2.05) is 6.07 Å². The van der Waals surface area contributed by atoms with E-state index in [0.29, 0.717) is 41.7 Å². The van der Waals surface area contributed by atoms with Crippen LogP contribution in [0.4, 0.5) is 18.9 Å². The van der Waals surface area contributed by atoms with Crippen molar-refractivity contribution in [2.45, 2.75) is 36.3 Å². The predicted molar refractivity (Wildman–Crippen MR) is 127 cm³/mol. The normalized spacial score (nSPS) is 16.0. The SMILES string of the molecule is Cc1ccc(NC(=O)C2(c3ccc4c(c3)OCO4)CC2)cc1-c1ccc(S(N)(=O)=O)cc1C(F)(F)F.[HH]. The Bertz CT molecular complexity index is 1500. The Labute approximate surface area is 206 Å². The van der Waals surface area contributed by atoms with Crippen LogP contribution in [-0.4, -0.2) is 21.1 Å². The van der Waals surface area contributed by atoms with Crippen LogP contribution in [0.5, 0.6) is 11.5 Å².